The molecule has 84 valence electrons. The molecular formula is C12H26N2. The zero-order chi connectivity index (χ0) is 10.6. The maximum Gasteiger partial charge on any atom is 0.00872 e. The normalized spacial score (nSPS) is 20.1. The molecule has 0 unspecified atom stereocenters. The summed E-state index contributed by atoms with van der Waals surface area (Å²) in [4.78, 5) is 2.52. The van der Waals surface area contributed by atoms with Crippen LogP contribution in [-0.2, 0) is 0 Å². The molecule has 0 bridgehead atoms. The SMILES string of the molecule is CCC(CC)N(C)CC1(CN)CCC1. The molecule has 0 aromatic rings. The van der Waals surface area contributed by atoms with Gasteiger partial charge in [-0.25, -0.2) is 0 Å². The van der Waals surface area contributed by atoms with Crippen molar-refractivity contribution in [2.45, 2.75) is 52.0 Å². The molecule has 0 aliphatic heterocycles. The Labute approximate surface area is 88.8 Å². The maximum atomic E-state index is 5.87. The van der Waals surface area contributed by atoms with E-state index in [1.807, 2.05) is 0 Å². The molecule has 0 saturated heterocycles. The molecule has 0 radical (unpaired) electrons. The Balaban J connectivity index is 2.41. The van der Waals surface area contributed by atoms with Crippen molar-refractivity contribution in [1.82, 2.24) is 4.90 Å². The summed E-state index contributed by atoms with van der Waals surface area (Å²) in [5, 5.41) is 0. The Morgan fingerprint density at radius 3 is 2.14 bits per heavy atom. The molecule has 1 aliphatic rings. The summed E-state index contributed by atoms with van der Waals surface area (Å²) in [6, 6.07) is 0.749. The molecule has 0 aromatic carbocycles. The van der Waals surface area contributed by atoms with Gasteiger partial charge in [0.15, 0.2) is 0 Å². The second-order valence-electron chi connectivity index (χ2n) is 4.94. The van der Waals surface area contributed by atoms with Crippen molar-refractivity contribution in [3.63, 3.8) is 0 Å². The van der Waals surface area contributed by atoms with Crippen LogP contribution in [-0.4, -0.2) is 31.1 Å². The molecular weight excluding hydrogens is 172 g/mol. The van der Waals surface area contributed by atoms with E-state index in [4.69, 9.17) is 5.73 Å². The van der Waals surface area contributed by atoms with E-state index in [1.165, 1.54) is 38.6 Å². The van der Waals surface area contributed by atoms with Gasteiger partial charge < -0.3 is 10.6 Å². The van der Waals surface area contributed by atoms with Crippen molar-refractivity contribution >= 4 is 0 Å². The van der Waals surface area contributed by atoms with E-state index < -0.39 is 0 Å². The fraction of sp³-hybridized carbons (Fsp3) is 1.00. The third kappa shape index (κ3) is 2.48. The Bertz CT molecular complexity index is 154. The molecule has 0 amide bonds. The van der Waals surface area contributed by atoms with Crippen LogP contribution in [0.5, 0.6) is 0 Å². The first-order valence-corrected chi connectivity index (χ1v) is 6.07. The van der Waals surface area contributed by atoms with Gasteiger partial charge in [-0.15, -0.1) is 0 Å². The molecule has 2 heteroatoms. The second-order valence-corrected chi connectivity index (χ2v) is 4.94. The summed E-state index contributed by atoms with van der Waals surface area (Å²) in [7, 11) is 2.26. The van der Waals surface area contributed by atoms with Crippen LogP contribution in [0.25, 0.3) is 0 Å². The fourth-order valence-electron chi connectivity index (χ4n) is 2.67. The lowest BCUT2D eigenvalue weighted by Crippen LogP contribution is -2.48. The van der Waals surface area contributed by atoms with E-state index in [-0.39, 0.29) is 0 Å². The van der Waals surface area contributed by atoms with Crippen LogP contribution in [0, 0.1) is 5.41 Å². The minimum absolute atomic E-state index is 0.470. The molecule has 14 heavy (non-hydrogen) atoms. The summed E-state index contributed by atoms with van der Waals surface area (Å²) in [6.07, 6.45) is 6.58. The van der Waals surface area contributed by atoms with Crippen molar-refractivity contribution in [2.75, 3.05) is 20.1 Å². The highest BCUT2D eigenvalue weighted by Gasteiger charge is 2.37. The van der Waals surface area contributed by atoms with Crippen molar-refractivity contribution in [1.29, 1.82) is 0 Å². The third-order valence-electron chi connectivity index (χ3n) is 4.00. The Morgan fingerprint density at radius 1 is 1.29 bits per heavy atom. The average Bonchev–Trinajstić information content (AvgIpc) is 2.13. The van der Waals surface area contributed by atoms with Gasteiger partial charge in [-0.1, -0.05) is 20.3 Å². The average molecular weight is 198 g/mol. The molecule has 0 aromatic heterocycles. The van der Waals surface area contributed by atoms with E-state index >= 15 is 0 Å². The number of nitrogens with two attached hydrogens (primary N) is 1. The standard InChI is InChI=1S/C12H26N2/c1-4-11(5-2)14(3)10-12(9-13)7-6-8-12/h11H,4-10,13H2,1-3H3. The van der Waals surface area contributed by atoms with Crippen LogP contribution >= 0.6 is 0 Å². The van der Waals surface area contributed by atoms with Gasteiger partial charge in [0.25, 0.3) is 0 Å². The van der Waals surface area contributed by atoms with E-state index in [0.717, 1.165) is 12.6 Å². The predicted molar refractivity (Wildman–Crippen MR) is 62.3 cm³/mol. The molecule has 1 aliphatic carbocycles. The van der Waals surface area contributed by atoms with Gasteiger partial charge in [-0.05, 0) is 44.7 Å². The third-order valence-corrected chi connectivity index (χ3v) is 4.00. The van der Waals surface area contributed by atoms with Crippen molar-refractivity contribution < 1.29 is 0 Å². The number of hydrogen-bond acceptors (Lipinski definition) is 2. The highest BCUT2D eigenvalue weighted by molar-refractivity contribution is 4.91. The summed E-state index contributed by atoms with van der Waals surface area (Å²) in [5.74, 6) is 0. The molecule has 1 fully saturated rings. The quantitative estimate of drug-likeness (QED) is 0.709. The Hall–Kier alpha value is -0.0800. The fourth-order valence-corrected chi connectivity index (χ4v) is 2.67. The van der Waals surface area contributed by atoms with Gasteiger partial charge in [0.1, 0.15) is 0 Å². The first-order valence-electron chi connectivity index (χ1n) is 6.07. The van der Waals surface area contributed by atoms with Crippen LogP contribution in [0.4, 0.5) is 0 Å². The highest BCUT2D eigenvalue weighted by Crippen LogP contribution is 2.40. The molecule has 0 spiro atoms. The molecule has 1 saturated carbocycles. The van der Waals surface area contributed by atoms with Crippen LogP contribution in [0.3, 0.4) is 0 Å². The van der Waals surface area contributed by atoms with Gasteiger partial charge in [-0.3, -0.25) is 0 Å². The monoisotopic (exact) mass is 198 g/mol. The van der Waals surface area contributed by atoms with Gasteiger partial charge in [0.2, 0.25) is 0 Å². The Morgan fingerprint density at radius 2 is 1.86 bits per heavy atom. The summed E-state index contributed by atoms with van der Waals surface area (Å²) < 4.78 is 0. The maximum absolute atomic E-state index is 5.87. The highest BCUT2D eigenvalue weighted by atomic mass is 15.1. The van der Waals surface area contributed by atoms with Crippen LogP contribution in [0.2, 0.25) is 0 Å². The zero-order valence-electron chi connectivity index (χ0n) is 10.1. The second kappa shape index (κ2) is 5.13. The van der Waals surface area contributed by atoms with Gasteiger partial charge in [0, 0.05) is 12.6 Å². The van der Waals surface area contributed by atoms with Crippen molar-refractivity contribution in [3.05, 3.63) is 0 Å². The van der Waals surface area contributed by atoms with E-state index in [0.29, 0.717) is 5.41 Å². The molecule has 2 N–H and O–H groups in total. The summed E-state index contributed by atoms with van der Waals surface area (Å²) in [6.45, 7) is 6.63. The lowest BCUT2D eigenvalue weighted by molar-refractivity contribution is 0.0647. The van der Waals surface area contributed by atoms with Gasteiger partial charge in [0.05, 0.1) is 0 Å². The summed E-state index contributed by atoms with van der Waals surface area (Å²) in [5.41, 5.74) is 6.34. The van der Waals surface area contributed by atoms with Crippen LogP contribution < -0.4 is 5.73 Å². The zero-order valence-corrected chi connectivity index (χ0v) is 10.1. The minimum atomic E-state index is 0.470. The lowest BCUT2D eigenvalue weighted by atomic mass is 9.68. The topological polar surface area (TPSA) is 29.3 Å². The van der Waals surface area contributed by atoms with Gasteiger partial charge in [-0.2, -0.15) is 0 Å². The first-order chi connectivity index (χ1) is 6.67. The molecule has 0 atom stereocenters. The van der Waals surface area contributed by atoms with Crippen LogP contribution in [0.15, 0.2) is 0 Å². The van der Waals surface area contributed by atoms with Crippen molar-refractivity contribution in [2.24, 2.45) is 11.1 Å². The summed E-state index contributed by atoms with van der Waals surface area (Å²) >= 11 is 0. The Kier molecular flexibility index (Phi) is 4.39. The molecule has 2 nitrogen and oxygen atoms in total. The smallest absolute Gasteiger partial charge is 0.00872 e. The van der Waals surface area contributed by atoms with E-state index in [2.05, 4.69) is 25.8 Å². The largest absolute Gasteiger partial charge is 0.330 e. The molecule has 1 rings (SSSR count). The minimum Gasteiger partial charge on any atom is -0.330 e. The molecule has 0 heterocycles. The lowest BCUT2D eigenvalue weighted by Gasteiger charge is -2.45. The van der Waals surface area contributed by atoms with Crippen LogP contribution in [0.1, 0.15) is 46.0 Å². The first kappa shape index (κ1) is 12.0. The predicted octanol–water partition coefficient (Wildman–Crippen LogP) is 2.24. The van der Waals surface area contributed by atoms with E-state index in [1.54, 1.807) is 0 Å². The van der Waals surface area contributed by atoms with Crippen molar-refractivity contribution in [3.8, 4) is 0 Å². The number of hydrogen-bond donors (Lipinski definition) is 1. The van der Waals surface area contributed by atoms with Gasteiger partial charge >= 0.3 is 0 Å². The number of nitrogens with zero attached hydrogens (tertiary/aromatic N) is 1. The number of rotatable bonds is 6. The van der Waals surface area contributed by atoms with E-state index in [9.17, 15) is 0 Å².